The number of carboxylic acids is 1. The van der Waals surface area contributed by atoms with E-state index >= 15 is 0 Å². The summed E-state index contributed by atoms with van der Waals surface area (Å²) in [5, 5.41) is 11.3. The van der Waals surface area contributed by atoms with Crippen LogP contribution in [-0.4, -0.2) is 28.6 Å². The highest BCUT2D eigenvalue weighted by Gasteiger charge is 2.07. The second-order valence-electron chi connectivity index (χ2n) is 3.92. The van der Waals surface area contributed by atoms with Crippen LogP contribution >= 0.6 is 0 Å². The fourth-order valence-corrected chi connectivity index (χ4v) is 1.49. The van der Waals surface area contributed by atoms with Gasteiger partial charge in [0, 0.05) is 6.20 Å². The Morgan fingerprint density at radius 2 is 1.95 bits per heavy atom. The number of pyridine rings is 1. The van der Waals surface area contributed by atoms with Crippen LogP contribution in [0, 0.1) is 0 Å². The minimum Gasteiger partial charge on any atom is -0.484 e. The monoisotopic (exact) mass is 272 g/mol. The van der Waals surface area contributed by atoms with Gasteiger partial charge in [0.2, 0.25) is 0 Å². The molecule has 0 aliphatic heterocycles. The van der Waals surface area contributed by atoms with Crippen LogP contribution in [0.25, 0.3) is 0 Å². The third-order valence-electron chi connectivity index (χ3n) is 2.38. The molecule has 2 rings (SSSR count). The summed E-state index contributed by atoms with van der Waals surface area (Å²) in [6.45, 7) is -0.165. The summed E-state index contributed by atoms with van der Waals surface area (Å²) in [6, 6.07) is 10.2. The number of aromatic carboxylic acids is 1. The van der Waals surface area contributed by atoms with E-state index in [1.807, 2.05) is 6.07 Å². The Morgan fingerprint density at radius 3 is 2.65 bits per heavy atom. The number of nitrogens with one attached hydrogen (secondary N) is 1. The molecule has 0 aliphatic rings. The first kappa shape index (κ1) is 13.5. The maximum absolute atomic E-state index is 11.7. The lowest BCUT2D eigenvalue weighted by Gasteiger charge is -2.07. The number of aromatic nitrogens is 1. The molecule has 0 unspecified atom stereocenters. The van der Waals surface area contributed by atoms with Gasteiger partial charge in [0.25, 0.3) is 5.91 Å². The molecule has 2 aromatic rings. The summed E-state index contributed by atoms with van der Waals surface area (Å²) < 4.78 is 5.27. The molecule has 2 N–H and O–H groups in total. The minimum atomic E-state index is -1.10. The maximum Gasteiger partial charge on any atom is 0.337 e. The van der Waals surface area contributed by atoms with Crippen molar-refractivity contribution in [1.29, 1.82) is 0 Å². The van der Waals surface area contributed by atoms with Gasteiger partial charge in [0.15, 0.2) is 6.61 Å². The number of ether oxygens (including phenoxy) is 1. The fourth-order valence-electron chi connectivity index (χ4n) is 1.49. The van der Waals surface area contributed by atoms with Crippen molar-refractivity contribution in [3.63, 3.8) is 0 Å². The molecule has 6 heteroatoms. The van der Waals surface area contributed by atoms with Crippen LogP contribution < -0.4 is 10.1 Å². The molecular formula is C14H12N2O4. The van der Waals surface area contributed by atoms with Crippen molar-refractivity contribution >= 4 is 17.6 Å². The van der Waals surface area contributed by atoms with E-state index in [2.05, 4.69) is 10.3 Å². The van der Waals surface area contributed by atoms with Gasteiger partial charge in [0.1, 0.15) is 5.75 Å². The van der Waals surface area contributed by atoms with Crippen molar-refractivity contribution in [3.8, 4) is 5.75 Å². The molecular weight excluding hydrogens is 260 g/mol. The van der Waals surface area contributed by atoms with Gasteiger partial charge < -0.3 is 15.2 Å². The fraction of sp³-hybridized carbons (Fsp3) is 0.0714. The van der Waals surface area contributed by atoms with Crippen LogP contribution in [0.2, 0.25) is 0 Å². The summed E-state index contributed by atoms with van der Waals surface area (Å²) in [4.78, 5) is 26.2. The van der Waals surface area contributed by atoms with E-state index in [1.54, 1.807) is 24.3 Å². The molecule has 102 valence electrons. The second-order valence-corrected chi connectivity index (χ2v) is 3.92. The van der Waals surface area contributed by atoms with Crippen LogP contribution in [0.4, 0.5) is 5.69 Å². The molecule has 1 heterocycles. The number of carbonyl (C=O) groups is 2. The number of hydrogen-bond acceptors (Lipinski definition) is 4. The summed E-state index contributed by atoms with van der Waals surface area (Å²) >= 11 is 0. The quantitative estimate of drug-likeness (QED) is 0.866. The van der Waals surface area contributed by atoms with Crippen molar-refractivity contribution in [2.24, 2.45) is 0 Å². The second kappa shape index (κ2) is 6.33. The number of carboxylic acid groups (broad SMARTS) is 1. The molecule has 0 aliphatic carbocycles. The number of hydrogen-bond donors (Lipinski definition) is 2. The van der Waals surface area contributed by atoms with E-state index in [-0.39, 0.29) is 12.2 Å². The van der Waals surface area contributed by atoms with Gasteiger partial charge in [-0.15, -0.1) is 0 Å². The lowest BCUT2D eigenvalue weighted by atomic mass is 10.2. The highest BCUT2D eigenvalue weighted by atomic mass is 16.5. The SMILES string of the molecule is O=C(COc1ccccc1)Nc1cncc(C(=O)O)c1. The zero-order chi connectivity index (χ0) is 14.4. The van der Waals surface area contributed by atoms with Gasteiger partial charge in [-0.05, 0) is 18.2 Å². The largest absolute Gasteiger partial charge is 0.484 e. The average Bonchev–Trinajstić information content (AvgIpc) is 2.46. The first-order chi connectivity index (χ1) is 9.65. The number of benzene rings is 1. The molecule has 1 amide bonds. The van der Waals surface area contributed by atoms with Gasteiger partial charge in [-0.3, -0.25) is 9.78 Å². The van der Waals surface area contributed by atoms with Crippen molar-refractivity contribution < 1.29 is 19.4 Å². The van der Waals surface area contributed by atoms with Crippen LogP contribution in [-0.2, 0) is 4.79 Å². The van der Waals surface area contributed by atoms with Crippen LogP contribution in [0.3, 0.4) is 0 Å². The van der Waals surface area contributed by atoms with Crippen molar-refractivity contribution in [3.05, 3.63) is 54.4 Å². The number of carbonyl (C=O) groups excluding carboxylic acids is 1. The van der Waals surface area contributed by atoms with Crippen molar-refractivity contribution in [1.82, 2.24) is 4.98 Å². The highest BCUT2D eigenvalue weighted by molar-refractivity contribution is 5.94. The summed E-state index contributed by atoms with van der Waals surface area (Å²) in [6.07, 6.45) is 2.57. The Labute approximate surface area is 115 Å². The van der Waals surface area contributed by atoms with E-state index in [1.165, 1.54) is 18.5 Å². The molecule has 0 atom stereocenters. The highest BCUT2D eigenvalue weighted by Crippen LogP contribution is 2.10. The number of rotatable bonds is 5. The smallest absolute Gasteiger partial charge is 0.337 e. The third kappa shape index (κ3) is 3.81. The predicted octanol–water partition coefficient (Wildman–Crippen LogP) is 1.80. The van der Waals surface area contributed by atoms with E-state index < -0.39 is 11.9 Å². The van der Waals surface area contributed by atoms with E-state index in [4.69, 9.17) is 9.84 Å². The first-order valence-corrected chi connectivity index (χ1v) is 5.81. The molecule has 20 heavy (non-hydrogen) atoms. The molecule has 0 fully saturated rings. The van der Waals surface area contributed by atoms with Gasteiger partial charge in [-0.1, -0.05) is 18.2 Å². The number of nitrogens with zero attached hydrogens (tertiary/aromatic N) is 1. The van der Waals surface area contributed by atoms with Crippen molar-refractivity contribution in [2.75, 3.05) is 11.9 Å². The maximum atomic E-state index is 11.7. The zero-order valence-electron chi connectivity index (χ0n) is 10.4. The normalized spacial score (nSPS) is 9.80. The Balaban J connectivity index is 1.91. The van der Waals surface area contributed by atoms with Crippen LogP contribution in [0.5, 0.6) is 5.75 Å². The van der Waals surface area contributed by atoms with Crippen LogP contribution in [0.15, 0.2) is 48.8 Å². The Hall–Kier alpha value is -2.89. The Kier molecular flexibility index (Phi) is 4.28. The molecule has 1 aromatic heterocycles. The van der Waals surface area contributed by atoms with Crippen LogP contribution in [0.1, 0.15) is 10.4 Å². The molecule has 0 saturated heterocycles. The average molecular weight is 272 g/mol. The van der Waals surface area contributed by atoms with E-state index in [0.29, 0.717) is 11.4 Å². The summed E-state index contributed by atoms with van der Waals surface area (Å²) in [7, 11) is 0. The Morgan fingerprint density at radius 1 is 1.20 bits per heavy atom. The standard InChI is InChI=1S/C14H12N2O4/c17-13(9-20-12-4-2-1-3-5-12)16-11-6-10(14(18)19)7-15-8-11/h1-8H,9H2,(H,16,17)(H,18,19). The van der Waals surface area contributed by atoms with Gasteiger partial charge in [-0.25, -0.2) is 4.79 Å². The van der Waals surface area contributed by atoms with Crippen molar-refractivity contribution in [2.45, 2.75) is 0 Å². The molecule has 0 bridgehead atoms. The zero-order valence-corrected chi connectivity index (χ0v) is 10.4. The lowest BCUT2D eigenvalue weighted by Crippen LogP contribution is -2.20. The molecule has 1 aromatic carbocycles. The summed E-state index contributed by atoms with van der Waals surface area (Å²) in [5.74, 6) is -0.910. The molecule has 0 radical (unpaired) electrons. The third-order valence-corrected chi connectivity index (χ3v) is 2.38. The lowest BCUT2D eigenvalue weighted by molar-refractivity contribution is -0.118. The summed E-state index contributed by atoms with van der Waals surface area (Å²) in [5.41, 5.74) is 0.318. The van der Waals surface area contributed by atoms with E-state index in [0.717, 1.165) is 0 Å². The molecule has 0 spiro atoms. The number of amides is 1. The van der Waals surface area contributed by atoms with Gasteiger partial charge >= 0.3 is 5.97 Å². The Bertz CT molecular complexity index is 614. The molecule has 6 nitrogen and oxygen atoms in total. The molecule has 0 saturated carbocycles. The topological polar surface area (TPSA) is 88.5 Å². The number of para-hydroxylation sites is 1. The first-order valence-electron chi connectivity index (χ1n) is 5.81. The minimum absolute atomic E-state index is 0.00628. The van der Waals surface area contributed by atoms with Gasteiger partial charge in [-0.2, -0.15) is 0 Å². The predicted molar refractivity (Wildman–Crippen MR) is 71.8 cm³/mol. The van der Waals surface area contributed by atoms with Gasteiger partial charge in [0.05, 0.1) is 17.4 Å². The van der Waals surface area contributed by atoms with E-state index in [9.17, 15) is 9.59 Å². The number of anilines is 1.